The van der Waals surface area contributed by atoms with Gasteiger partial charge in [-0.05, 0) is 39.4 Å². The van der Waals surface area contributed by atoms with Gasteiger partial charge in [-0.3, -0.25) is 4.98 Å². The lowest BCUT2D eigenvalue weighted by atomic mass is 9.97. The maximum Gasteiger partial charge on any atom is 0.0780 e. The molecule has 0 aliphatic carbocycles. The summed E-state index contributed by atoms with van der Waals surface area (Å²) in [5.41, 5.74) is 4.61. The zero-order valence-corrected chi connectivity index (χ0v) is 14.3. The second kappa shape index (κ2) is 6.12. The molecule has 0 aliphatic rings. The van der Waals surface area contributed by atoms with Gasteiger partial charge in [-0.25, -0.2) is 0 Å². The molecule has 0 atom stereocenters. The Kier molecular flexibility index (Phi) is 3.50. The third-order valence-electron chi connectivity index (χ3n) is 4.91. The molecule has 0 radical (unpaired) electrons. The highest BCUT2D eigenvalue weighted by Gasteiger charge is 2.09. The Balaban J connectivity index is 1.74. The zero-order valence-electron chi connectivity index (χ0n) is 14.3. The van der Waals surface area contributed by atoms with Crippen LogP contribution < -0.4 is 0 Å². The minimum atomic E-state index is 1.03. The first-order chi connectivity index (χ1) is 12.9. The predicted molar refractivity (Wildman–Crippen MR) is 110 cm³/mol. The molecule has 0 N–H and O–H groups in total. The Morgan fingerprint density at radius 2 is 1.23 bits per heavy atom. The van der Waals surface area contributed by atoms with E-state index in [1.165, 1.54) is 32.7 Å². The first-order valence-electron chi connectivity index (χ1n) is 8.82. The summed E-state index contributed by atoms with van der Waals surface area (Å²) in [5, 5.41) is 4.97. The smallest absolute Gasteiger partial charge is 0.0780 e. The highest BCUT2D eigenvalue weighted by Crippen LogP contribution is 2.33. The van der Waals surface area contributed by atoms with Crippen LogP contribution >= 0.6 is 0 Å². The van der Waals surface area contributed by atoms with E-state index < -0.39 is 0 Å². The molecular weight excluding hydrogens is 314 g/mol. The fraction of sp³-hybridized carbons (Fsp3) is 0. The average molecular weight is 331 g/mol. The fourth-order valence-corrected chi connectivity index (χ4v) is 3.64. The van der Waals surface area contributed by atoms with Crippen molar-refractivity contribution in [2.24, 2.45) is 0 Å². The average Bonchev–Trinajstić information content (AvgIpc) is 2.74. The van der Waals surface area contributed by atoms with Gasteiger partial charge < -0.3 is 0 Å². The van der Waals surface area contributed by atoms with Crippen LogP contribution in [-0.4, -0.2) is 4.98 Å². The summed E-state index contributed by atoms with van der Waals surface area (Å²) in [4.78, 5) is 4.72. The molecule has 1 heterocycles. The fourth-order valence-electron chi connectivity index (χ4n) is 3.64. The quantitative estimate of drug-likeness (QED) is 0.327. The van der Waals surface area contributed by atoms with Crippen molar-refractivity contribution >= 4 is 21.5 Å². The summed E-state index contributed by atoms with van der Waals surface area (Å²) < 4.78 is 0. The second-order valence-electron chi connectivity index (χ2n) is 6.49. The topological polar surface area (TPSA) is 12.9 Å². The first-order valence-corrected chi connectivity index (χ1v) is 8.82. The number of aromatic nitrogens is 1. The van der Waals surface area contributed by atoms with Crippen molar-refractivity contribution in [2.75, 3.05) is 0 Å². The van der Waals surface area contributed by atoms with E-state index in [0.717, 1.165) is 11.3 Å². The van der Waals surface area contributed by atoms with Gasteiger partial charge in [0.2, 0.25) is 0 Å². The van der Waals surface area contributed by atoms with Gasteiger partial charge in [0.15, 0.2) is 0 Å². The number of nitrogens with zero attached hydrogens (tertiary/aromatic N) is 1. The van der Waals surface area contributed by atoms with Crippen LogP contribution in [0.15, 0.2) is 103 Å². The van der Waals surface area contributed by atoms with Crippen LogP contribution in [-0.2, 0) is 0 Å². The van der Waals surface area contributed by atoms with Crippen molar-refractivity contribution in [2.45, 2.75) is 0 Å². The molecule has 0 spiro atoms. The molecule has 1 aromatic heterocycles. The number of fused-ring (bicyclic) bond motifs is 3. The summed E-state index contributed by atoms with van der Waals surface area (Å²) >= 11 is 0. The molecular formula is C25H17N. The third-order valence-corrected chi connectivity index (χ3v) is 4.91. The largest absolute Gasteiger partial charge is 0.256 e. The molecule has 1 nitrogen and oxygen atoms in total. The van der Waals surface area contributed by atoms with Gasteiger partial charge in [0.25, 0.3) is 0 Å². The van der Waals surface area contributed by atoms with Crippen molar-refractivity contribution < 1.29 is 0 Å². The molecule has 0 bridgehead atoms. The Morgan fingerprint density at radius 3 is 2.15 bits per heavy atom. The summed E-state index contributed by atoms with van der Waals surface area (Å²) in [7, 11) is 0. The van der Waals surface area contributed by atoms with E-state index in [-0.39, 0.29) is 0 Å². The second-order valence-corrected chi connectivity index (χ2v) is 6.49. The third kappa shape index (κ3) is 2.46. The standard InChI is InChI=1S/C25H17N/c1-2-7-18(8-3-1)20-10-6-11-21(17-20)25-24-14-13-19-9-4-5-12-22(19)23(24)15-16-26-25/h1-17H. The van der Waals surface area contributed by atoms with E-state index in [0.29, 0.717) is 0 Å². The molecule has 26 heavy (non-hydrogen) atoms. The van der Waals surface area contributed by atoms with Crippen LogP contribution in [0.2, 0.25) is 0 Å². The minimum absolute atomic E-state index is 1.03. The van der Waals surface area contributed by atoms with Gasteiger partial charge >= 0.3 is 0 Å². The zero-order chi connectivity index (χ0) is 17.3. The molecule has 1 heteroatoms. The molecule has 0 saturated heterocycles. The van der Waals surface area contributed by atoms with Gasteiger partial charge in [-0.15, -0.1) is 0 Å². The molecule has 0 aliphatic heterocycles. The van der Waals surface area contributed by atoms with Crippen LogP contribution in [0.1, 0.15) is 0 Å². The van der Waals surface area contributed by atoms with Gasteiger partial charge in [-0.1, -0.05) is 84.9 Å². The lowest BCUT2D eigenvalue weighted by Gasteiger charge is -2.10. The van der Waals surface area contributed by atoms with Crippen molar-refractivity contribution in [3.05, 3.63) is 103 Å². The summed E-state index contributed by atoms with van der Waals surface area (Å²) in [6.07, 6.45) is 1.92. The number of pyridine rings is 1. The van der Waals surface area contributed by atoms with Gasteiger partial charge in [0.05, 0.1) is 5.69 Å². The van der Waals surface area contributed by atoms with Crippen LogP contribution in [0.25, 0.3) is 43.9 Å². The van der Waals surface area contributed by atoms with E-state index in [1.54, 1.807) is 0 Å². The molecule has 0 saturated carbocycles. The Morgan fingerprint density at radius 1 is 0.462 bits per heavy atom. The van der Waals surface area contributed by atoms with Crippen LogP contribution in [0.3, 0.4) is 0 Å². The molecule has 122 valence electrons. The van der Waals surface area contributed by atoms with E-state index in [9.17, 15) is 0 Å². The maximum absolute atomic E-state index is 4.72. The number of benzene rings is 4. The summed E-state index contributed by atoms with van der Waals surface area (Å²) in [6.45, 7) is 0. The van der Waals surface area contributed by atoms with Crippen LogP contribution in [0.4, 0.5) is 0 Å². The van der Waals surface area contributed by atoms with Crippen molar-refractivity contribution in [1.29, 1.82) is 0 Å². The SMILES string of the molecule is c1ccc(-c2cccc(-c3nccc4c3ccc3ccccc34)c2)cc1. The van der Waals surface area contributed by atoms with E-state index in [1.807, 2.05) is 12.3 Å². The van der Waals surface area contributed by atoms with E-state index in [2.05, 4.69) is 91.0 Å². The van der Waals surface area contributed by atoms with Gasteiger partial charge in [0, 0.05) is 17.1 Å². The summed E-state index contributed by atoms with van der Waals surface area (Å²) in [6, 6.07) is 34.1. The number of rotatable bonds is 2. The van der Waals surface area contributed by atoms with E-state index in [4.69, 9.17) is 4.98 Å². The highest BCUT2D eigenvalue weighted by atomic mass is 14.7. The van der Waals surface area contributed by atoms with E-state index >= 15 is 0 Å². The lowest BCUT2D eigenvalue weighted by molar-refractivity contribution is 1.36. The van der Waals surface area contributed by atoms with Crippen molar-refractivity contribution in [1.82, 2.24) is 4.98 Å². The Bertz CT molecular complexity index is 1220. The predicted octanol–water partition coefficient (Wildman–Crippen LogP) is 6.72. The van der Waals surface area contributed by atoms with Crippen LogP contribution in [0.5, 0.6) is 0 Å². The molecule has 5 aromatic rings. The number of hydrogen-bond acceptors (Lipinski definition) is 1. The Labute approximate surface area is 152 Å². The highest BCUT2D eigenvalue weighted by molar-refractivity contribution is 6.11. The normalized spacial score (nSPS) is 11.1. The monoisotopic (exact) mass is 331 g/mol. The number of hydrogen-bond donors (Lipinski definition) is 0. The minimum Gasteiger partial charge on any atom is -0.256 e. The first kappa shape index (κ1) is 14.9. The van der Waals surface area contributed by atoms with Gasteiger partial charge in [0.1, 0.15) is 0 Å². The Hall–Kier alpha value is -3.45. The molecule has 0 unspecified atom stereocenters. The maximum atomic E-state index is 4.72. The molecule has 5 rings (SSSR count). The van der Waals surface area contributed by atoms with Crippen LogP contribution in [0, 0.1) is 0 Å². The van der Waals surface area contributed by atoms with Crippen molar-refractivity contribution in [3.8, 4) is 22.4 Å². The summed E-state index contributed by atoms with van der Waals surface area (Å²) in [5.74, 6) is 0. The molecule has 0 fully saturated rings. The van der Waals surface area contributed by atoms with Crippen molar-refractivity contribution in [3.63, 3.8) is 0 Å². The van der Waals surface area contributed by atoms with Gasteiger partial charge in [-0.2, -0.15) is 0 Å². The molecule has 4 aromatic carbocycles. The lowest BCUT2D eigenvalue weighted by Crippen LogP contribution is -1.88. The molecule has 0 amide bonds.